The van der Waals surface area contributed by atoms with Gasteiger partial charge in [0, 0.05) is 0 Å². The van der Waals surface area contributed by atoms with E-state index in [1.807, 2.05) is 0 Å². The van der Waals surface area contributed by atoms with Crippen LogP contribution in [0.25, 0.3) is 0 Å². The van der Waals surface area contributed by atoms with E-state index >= 15 is 0 Å². The van der Waals surface area contributed by atoms with Crippen molar-refractivity contribution >= 4 is 0 Å². The van der Waals surface area contributed by atoms with Crippen LogP contribution in [-0.2, 0) is 0 Å². The van der Waals surface area contributed by atoms with Gasteiger partial charge in [-0.3, -0.25) is 0 Å². The smallest absolute Gasteiger partial charge is 0.0823 e. The van der Waals surface area contributed by atoms with Crippen molar-refractivity contribution in [3.63, 3.8) is 0 Å². The lowest BCUT2D eigenvalue weighted by atomic mass is 9.93. The molecule has 0 amide bonds. The Morgan fingerprint density at radius 1 is 1.43 bits per heavy atom. The Labute approximate surface area is 87.5 Å². The molecule has 1 fully saturated rings. The van der Waals surface area contributed by atoms with Crippen LogP contribution in [0.5, 0.6) is 0 Å². The molecule has 1 saturated carbocycles. The molecule has 0 saturated heterocycles. The van der Waals surface area contributed by atoms with Crippen molar-refractivity contribution in [2.45, 2.75) is 64.4 Å². The monoisotopic (exact) mass is 194 g/mol. The van der Waals surface area contributed by atoms with Gasteiger partial charge in [0.15, 0.2) is 0 Å². The zero-order chi connectivity index (χ0) is 10.2. The van der Waals surface area contributed by atoms with Crippen LogP contribution in [0.1, 0.15) is 58.3 Å². The minimum atomic E-state index is -0.203. The summed E-state index contributed by atoms with van der Waals surface area (Å²) in [5.74, 6) is 0. The first-order valence-electron chi connectivity index (χ1n) is 5.96. The molecule has 1 heteroatoms. The lowest BCUT2D eigenvalue weighted by Crippen LogP contribution is -2.13. The first-order valence-corrected chi connectivity index (χ1v) is 5.96. The van der Waals surface area contributed by atoms with E-state index in [1.54, 1.807) is 0 Å². The van der Waals surface area contributed by atoms with Gasteiger partial charge < -0.3 is 5.11 Å². The Bertz CT molecular complexity index is 211. The van der Waals surface area contributed by atoms with Gasteiger partial charge in [-0.2, -0.15) is 0 Å². The van der Waals surface area contributed by atoms with Gasteiger partial charge in [-0.1, -0.05) is 26.2 Å². The predicted octanol–water partition coefficient (Wildman–Crippen LogP) is 3.58. The largest absolute Gasteiger partial charge is 0.388 e. The van der Waals surface area contributed by atoms with Crippen LogP contribution >= 0.6 is 0 Å². The molecule has 1 nitrogen and oxygen atoms in total. The summed E-state index contributed by atoms with van der Waals surface area (Å²) >= 11 is 0. The maximum atomic E-state index is 9.65. The SMILES string of the molecule is CCCCCC=C=C1CCCCC1O. The molecule has 80 valence electrons. The Hall–Kier alpha value is -0.520. The zero-order valence-corrected chi connectivity index (χ0v) is 9.26. The molecule has 1 atom stereocenters. The van der Waals surface area contributed by atoms with Gasteiger partial charge in [-0.25, -0.2) is 0 Å². The van der Waals surface area contributed by atoms with Crippen LogP contribution in [0.2, 0.25) is 0 Å². The van der Waals surface area contributed by atoms with Crippen LogP contribution in [-0.4, -0.2) is 11.2 Å². The highest BCUT2D eigenvalue weighted by Crippen LogP contribution is 2.22. The van der Waals surface area contributed by atoms with Crippen LogP contribution in [0.3, 0.4) is 0 Å². The Morgan fingerprint density at radius 3 is 3.00 bits per heavy atom. The molecule has 0 bridgehead atoms. The van der Waals surface area contributed by atoms with Crippen LogP contribution in [0, 0.1) is 0 Å². The molecule has 0 aromatic heterocycles. The van der Waals surface area contributed by atoms with Gasteiger partial charge >= 0.3 is 0 Å². The average Bonchev–Trinajstić information content (AvgIpc) is 2.20. The quantitative estimate of drug-likeness (QED) is 0.535. The molecule has 1 unspecified atom stereocenters. The molecule has 14 heavy (non-hydrogen) atoms. The van der Waals surface area contributed by atoms with E-state index in [0.717, 1.165) is 24.8 Å². The fraction of sp³-hybridized carbons (Fsp3) is 0.769. The predicted molar refractivity (Wildman–Crippen MR) is 60.2 cm³/mol. The van der Waals surface area contributed by atoms with Crippen molar-refractivity contribution in [3.8, 4) is 0 Å². The molecule has 0 aliphatic heterocycles. The topological polar surface area (TPSA) is 20.2 Å². The summed E-state index contributed by atoms with van der Waals surface area (Å²) in [5.41, 5.74) is 4.40. The summed E-state index contributed by atoms with van der Waals surface area (Å²) in [7, 11) is 0. The summed E-state index contributed by atoms with van der Waals surface area (Å²) < 4.78 is 0. The minimum Gasteiger partial charge on any atom is -0.388 e. The van der Waals surface area contributed by atoms with Crippen molar-refractivity contribution in [2.75, 3.05) is 0 Å². The maximum absolute atomic E-state index is 9.65. The fourth-order valence-electron chi connectivity index (χ4n) is 1.86. The normalized spacial score (nSPS) is 21.9. The molecule has 1 N–H and O–H groups in total. The van der Waals surface area contributed by atoms with E-state index in [4.69, 9.17) is 0 Å². The third kappa shape index (κ3) is 4.13. The molecule has 1 aliphatic rings. The van der Waals surface area contributed by atoms with E-state index in [9.17, 15) is 5.11 Å². The molecule has 1 rings (SSSR count). The third-order valence-corrected chi connectivity index (χ3v) is 2.82. The highest BCUT2D eigenvalue weighted by Gasteiger charge is 2.14. The first-order chi connectivity index (χ1) is 6.84. The van der Waals surface area contributed by atoms with Crippen molar-refractivity contribution in [2.24, 2.45) is 0 Å². The summed E-state index contributed by atoms with van der Waals surface area (Å²) in [5, 5.41) is 9.65. The van der Waals surface area contributed by atoms with Crippen molar-refractivity contribution in [3.05, 3.63) is 17.4 Å². The summed E-state index contributed by atoms with van der Waals surface area (Å²) in [4.78, 5) is 0. The summed E-state index contributed by atoms with van der Waals surface area (Å²) in [6.45, 7) is 2.22. The van der Waals surface area contributed by atoms with Gasteiger partial charge in [0.2, 0.25) is 0 Å². The number of aliphatic hydroxyl groups is 1. The second-order valence-electron chi connectivity index (χ2n) is 4.13. The Balaban J connectivity index is 2.32. The molecule has 0 aromatic rings. The van der Waals surface area contributed by atoms with E-state index < -0.39 is 0 Å². The number of rotatable bonds is 4. The molecular weight excluding hydrogens is 172 g/mol. The molecule has 1 aliphatic carbocycles. The third-order valence-electron chi connectivity index (χ3n) is 2.82. The van der Waals surface area contributed by atoms with Crippen LogP contribution in [0.4, 0.5) is 0 Å². The van der Waals surface area contributed by atoms with Crippen molar-refractivity contribution < 1.29 is 5.11 Å². The van der Waals surface area contributed by atoms with Gasteiger partial charge in [0.25, 0.3) is 0 Å². The van der Waals surface area contributed by atoms with Gasteiger partial charge in [0.05, 0.1) is 6.10 Å². The number of unbranched alkanes of at least 4 members (excludes halogenated alkanes) is 3. The van der Waals surface area contributed by atoms with Crippen molar-refractivity contribution in [1.29, 1.82) is 0 Å². The zero-order valence-electron chi connectivity index (χ0n) is 9.26. The van der Waals surface area contributed by atoms with E-state index in [-0.39, 0.29) is 6.10 Å². The maximum Gasteiger partial charge on any atom is 0.0823 e. The number of hydrogen-bond acceptors (Lipinski definition) is 1. The molecule has 0 spiro atoms. The highest BCUT2D eigenvalue weighted by molar-refractivity contribution is 5.09. The van der Waals surface area contributed by atoms with Crippen LogP contribution in [0.15, 0.2) is 17.4 Å². The Kier molecular flexibility index (Phi) is 5.66. The van der Waals surface area contributed by atoms with E-state index in [2.05, 4.69) is 18.7 Å². The fourth-order valence-corrected chi connectivity index (χ4v) is 1.86. The average molecular weight is 194 g/mol. The van der Waals surface area contributed by atoms with Gasteiger partial charge in [-0.05, 0) is 43.8 Å². The first kappa shape index (κ1) is 11.6. The lowest BCUT2D eigenvalue weighted by Gasteiger charge is -2.18. The second-order valence-corrected chi connectivity index (χ2v) is 4.13. The summed E-state index contributed by atoms with van der Waals surface area (Å²) in [6.07, 6.45) is 11.2. The number of hydrogen-bond donors (Lipinski definition) is 1. The van der Waals surface area contributed by atoms with E-state index in [0.29, 0.717) is 0 Å². The molecule has 0 radical (unpaired) electrons. The molecular formula is C13H22O. The highest BCUT2D eigenvalue weighted by atomic mass is 16.3. The van der Waals surface area contributed by atoms with E-state index in [1.165, 1.54) is 32.1 Å². The van der Waals surface area contributed by atoms with Gasteiger partial charge in [0.1, 0.15) is 0 Å². The lowest BCUT2D eigenvalue weighted by molar-refractivity contribution is 0.179. The second kappa shape index (κ2) is 6.86. The number of aliphatic hydroxyl groups excluding tert-OH is 1. The standard InChI is InChI=1S/C13H22O/c1-2-3-4-5-6-9-12-10-7-8-11-13(12)14/h6,13-14H,2-5,7-8,10-11H2,1H3. The Morgan fingerprint density at radius 2 is 2.29 bits per heavy atom. The minimum absolute atomic E-state index is 0.203. The molecule has 0 aromatic carbocycles. The van der Waals surface area contributed by atoms with Crippen LogP contribution < -0.4 is 0 Å². The van der Waals surface area contributed by atoms with Gasteiger partial charge in [-0.15, -0.1) is 5.73 Å². The van der Waals surface area contributed by atoms with Crippen molar-refractivity contribution in [1.82, 2.24) is 0 Å². The molecule has 0 heterocycles. The summed E-state index contributed by atoms with van der Waals surface area (Å²) in [6, 6.07) is 0.